The van der Waals surface area contributed by atoms with E-state index in [1.165, 1.54) is 28.8 Å². The molecule has 0 aliphatic heterocycles. The van der Waals surface area contributed by atoms with Crippen molar-refractivity contribution in [3.8, 4) is 0 Å². The SMILES string of the molecule is CCC[SiH2]OCCCOCCc1cccc2ccccc12. The van der Waals surface area contributed by atoms with E-state index < -0.39 is 0 Å². The third-order valence-electron chi connectivity index (χ3n) is 3.62. The van der Waals surface area contributed by atoms with Crippen LogP contribution in [0, 0.1) is 0 Å². The van der Waals surface area contributed by atoms with Gasteiger partial charge in [0.2, 0.25) is 0 Å². The summed E-state index contributed by atoms with van der Waals surface area (Å²) < 4.78 is 11.4. The first-order valence-electron chi connectivity index (χ1n) is 8.04. The van der Waals surface area contributed by atoms with Gasteiger partial charge in [0.15, 0.2) is 9.76 Å². The number of hydrogen-bond acceptors (Lipinski definition) is 2. The molecular formula is C18H26O2Si. The van der Waals surface area contributed by atoms with Gasteiger partial charge >= 0.3 is 0 Å². The second-order valence-corrected chi connectivity index (χ2v) is 6.84. The number of ether oxygens (including phenoxy) is 1. The first-order chi connectivity index (χ1) is 10.4. The number of benzene rings is 2. The number of hydrogen-bond donors (Lipinski definition) is 0. The molecule has 2 aromatic rings. The monoisotopic (exact) mass is 302 g/mol. The smallest absolute Gasteiger partial charge is 0.161 e. The third kappa shape index (κ3) is 5.62. The maximum absolute atomic E-state index is 5.73. The van der Waals surface area contributed by atoms with Crippen molar-refractivity contribution in [1.82, 2.24) is 0 Å². The molecule has 2 rings (SSSR count). The minimum Gasteiger partial charge on any atom is -0.424 e. The zero-order valence-electron chi connectivity index (χ0n) is 13.0. The molecule has 0 aliphatic carbocycles. The van der Waals surface area contributed by atoms with Crippen molar-refractivity contribution in [3.05, 3.63) is 48.0 Å². The molecule has 0 N–H and O–H groups in total. The lowest BCUT2D eigenvalue weighted by molar-refractivity contribution is 0.123. The highest BCUT2D eigenvalue weighted by molar-refractivity contribution is 6.26. The Hall–Kier alpha value is -1.16. The number of fused-ring (bicyclic) bond motifs is 1. The molecule has 0 fully saturated rings. The van der Waals surface area contributed by atoms with Crippen molar-refractivity contribution in [3.63, 3.8) is 0 Å². The van der Waals surface area contributed by atoms with Gasteiger partial charge < -0.3 is 9.16 Å². The van der Waals surface area contributed by atoms with Gasteiger partial charge in [-0.3, -0.25) is 0 Å². The molecule has 114 valence electrons. The van der Waals surface area contributed by atoms with Crippen LogP contribution in [0.1, 0.15) is 25.3 Å². The second kappa shape index (κ2) is 9.72. The van der Waals surface area contributed by atoms with E-state index in [4.69, 9.17) is 9.16 Å². The van der Waals surface area contributed by atoms with Crippen molar-refractivity contribution in [2.24, 2.45) is 0 Å². The predicted molar refractivity (Wildman–Crippen MR) is 92.7 cm³/mol. The van der Waals surface area contributed by atoms with Crippen molar-refractivity contribution in [2.45, 2.75) is 32.2 Å². The minimum absolute atomic E-state index is 0.249. The van der Waals surface area contributed by atoms with E-state index in [1.807, 2.05) is 0 Å². The van der Waals surface area contributed by atoms with Gasteiger partial charge in [-0.05, 0) is 35.2 Å². The summed E-state index contributed by atoms with van der Waals surface area (Å²) in [6, 6.07) is 16.3. The summed E-state index contributed by atoms with van der Waals surface area (Å²) in [5.74, 6) is 0. The molecule has 0 aliphatic rings. The molecule has 3 heteroatoms. The first kappa shape index (κ1) is 16.2. The van der Waals surface area contributed by atoms with Crippen LogP contribution in [-0.4, -0.2) is 29.6 Å². The van der Waals surface area contributed by atoms with E-state index in [1.54, 1.807) is 0 Å². The van der Waals surface area contributed by atoms with Crippen LogP contribution in [0.4, 0.5) is 0 Å². The molecular weight excluding hydrogens is 276 g/mol. The van der Waals surface area contributed by atoms with E-state index in [-0.39, 0.29) is 9.76 Å². The lowest BCUT2D eigenvalue weighted by atomic mass is 10.0. The van der Waals surface area contributed by atoms with E-state index in [9.17, 15) is 0 Å². The Morgan fingerprint density at radius 1 is 0.952 bits per heavy atom. The number of rotatable bonds is 10. The van der Waals surface area contributed by atoms with Gasteiger partial charge in [0, 0.05) is 13.2 Å². The second-order valence-electron chi connectivity index (χ2n) is 5.32. The molecule has 0 radical (unpaired) electrons. The van der Waals surface area contributed by atoms with Crippen LogP contribution in [0.2, 0.25) is 6.04 Å². The molecule has 2 nitrogen and oxygen atoms in total. The molecule has 0 atom stereocenters. The quantitative estimate of drug-likeness (QED) is 0.492. The molecule has 0 heterocycles. The predicted octanol–water partition coefficient (Wildman–Crippen LogP) is 3.72. The molecule has 0 aromatic heterocycles. The van der Waals surface area contributed by atoms with E-state index >= 15 is 0 Å². The highest BCUT2D eigenvalue weighted by Crippen LogP contribution is 2.18. The Morgan fingerprint density at radius 2 is 1.81 bits per heavy atom. The van der Waals surface area contributed by atoms with Gasteiger partial charge in [0.05, 0.1) is 6.61 Å². The Bertz CT molecular complexity index is 522. The Balaban J connectivity index is 1.64. The summed E-state index contributed by atoms with van der Waals surface area (Å²) in [5.41, 5.74) is 1.37. The normalized spacial score (nSPS) is 11.7. The Labute approximate surface area is 130 Å². The van der Waals surface area contributed by atoms with Gasteiger partial charge in [0.1, 0.15) is 0 Å². The lowest BCUT2D eigenvalue weighted by Gasteiger charge is -2.08. The molecule has 2 aromatic carbocycles. The van der Waals surface area contributed by atoms with Crippen molar-refractivity contribution < 1.29 is 9.16 Å². The highest BCUT2D eigenvalue weighted by atomic mass is 28.2. The molecule has 0 unspecified atom stereocenters. The topological polar surface area (TPSA) is 18.5 Å². The summed E-state index contributed by atoms with van der Waals surface area (Å²) in [6.45, 7) is 4.69. The lowest BCUT2D eigenvalue weighted by Crippen LogP contribution is -2.06. The summed E-state index contributed by atoms with van der Waals surface area (Å²) in [5, 5.41) is 2.65. The van der Waals surface area contributed by atoms with Crippen LogP contribution in [0.25, 0.3) is 10.8 Å². The minimum atomic E-state index is -0.249. The average molecular weight is 302 g/mol. The van der Waals surface area contributed by atoms with Crippen molar-refractivity contribution >= 4 is 20.5 Å². The van der Waals surface area contributed by atoms with Gasteiger partial charge in [0.25, 0.3) is 0 Å². The van der Waals surface area contributed by atoms with E-state index in [0.29, 0.717) is 0 Å². The highest BCUT2D eigenvalue weighted by Gasteiger charge is 2.00. The van der Waals surface area contributed by atoms with Gasteiger partial charge in [-0.2, -0.15) is 0 Å². The zero-order chi connectivity index (χ0) is 14.8. The molecule has 0 bridgehead atoms. The largest absolute Gasteiger partial charge is 0.424 e. The third-order valence-corrected chi connectivity index (χ3v) is 5.19. The summed E-state index contributed by atoms with van der Waals surface area (Å²) in [7, 11) is -0.249. The fourth-order valence-corrected chi connectivity index (χ4v) is 3.31. The Morgan fingerprint density at radius 3 is 2.71 bits per heavy atom. The van der Waals surface area contributed by atoms with Gasteiger partial charge in [-0.25, -0.2) is 0 Å². The zero-order valence-corrected chi connectivity index (χ0v) is 14.4. The maximum Gasteiger partial charge on any atom is 0.161 e. The van der Waals surface area contributed by atoms with E-state index in [0.717, 1.165) is 32.7 Å². The summed E-state index contributed by atoms with van der Waals surface area (Å²) in [4.78, 5) is 0. The first-order valence-corrected chi connectivity index (χ1v) is 9.61. The standard InChI is InChI=1S/C18H26O2Si/c1-2-15-21-20-13-6-12-19-14-11-17-9-5-8-16-7-3-4-10-18(16)17/h3-5,7-10H,2,6,11-15,21H2,1H3. The molecule has 0 saturated carbocycles. The van der Waals surface area contributed by atoms with Crippen LogP contribution < -0.4 is 0 Å². The molecule has 0 saturated heterocycles. The van der Waals surface area contributed by atoms with Gasteiger partial charge in [-0.15, -0.1) is 0 Å². The van der Waals surface area contributed by atoms with Crippen LogP contribution in [0.15, 0.2) is 42.5 Å². The van der Waals surface area contributed by atoms with Crippen LogP contribution in [-0.2, 0) is 15.6 Å². The fraction of sp³-hybridized carbons (Fsp3) is 0.444. The average Bonchev–Trinajstić information content (AvgIpc) is 2.53. The van der Waals surface area contributed by atoms with Crippen LogP contribution in [0.3, 0.4) is 0 Å². The van der Waals surface area contributed by atoms with Gasteiger partial charge in [-0.1, -0.05) is 55.8 Å². The maximum atomic E-state index is 5.73. The fourth-order valence-electron chi connectivity index (χ4n) is 2.41. The van der Waals surface area contributed by atoms with Crippen LogP contribution in [0.5, 0.6) is 0 Å². The summed E-state index contributed by atoms with van der Waals surface area (Å²) in [6.07, 6.45) is 3.26. The van der Waals surface area contributed by atoms with Crippen molar-refractivity contribution in [1.29, 1.82) is 0 Å². The van der Waals surface area contributed by atoms with Crippen LogP contribution >= 0.6 is 0 Å². The van der Waals surface area contributed by atoms with E-state index in [2.05, 4.69) is 49.4 Å². The molecule has 0 amide bonds. The molecule has 0 spiro atoms. The van der Waals surface area contributed by atoms with Crippen molar-refractivity contribution in [2.75, 3.05) is 19.8 Å². The summed E-state index contributed by atoms with van der Waals surface area (Å²) >= 11 is 0. The molecule has 21 heavy (non-hydrogen) atoms. The Kier molecular flexibility index (Phi) is 7.50.